The van der Waals surface area contributed by atoms with Gasteiger partial charge in [-0.1, -0.05) is 6.07 Å². The second kappa shape index (κ2) is 7.14. The highest BCUT2D eigenvalue weighted by Gasteiger charge is 2.32. The number of aromatic nitrogens is 1. The number of anilines is 2. The number of nitrogens with one attached hydrogen (secondary N) is 2. The molecule has 0 spiro atoms. The van der Waals surface area contributed by atoms with Gasteiger partial charge in [0.05, 0.1) is 6.04 Å². The third-order valence-corrected chi connectivity index (χ3v) is 4.54. The SMILES string of the molecule is Cc1cccnc1NC(=O)N[C@@H]1CC(=O)N(c2ccc3c(c2)OCCO3)C1. The minimum atomic E-state index is -0.376. The lowest BCUT2D eigenvalue weighted by Gasteiger charge is -2.22. The summed E-state index contributed by atoms with van der Waals surface area (Å²) in [7, 11) is 0. The fraction of sp³-hybridized carbons (Fsp3) is 0.316. The number of ether oxygens (including phenoxy) is 2. The Morgan fingerprint density at radius 1 is 1.22 bits per heavy atom. The van der Waals surface area contributed by atoms with Crippen LogP contribution in [0.5, 0.6) is 11.5 Å². The fourth-order valence-corrected chi connectivity index (χ4v) is 3.20. The number of hydrogen-bond acceptors (Lipinski definition) is 5. The van der Waals surface area contributed by atoms with Crippen LogP contribution in [0.1, 0.15) is 12.0 Å². The molecule has 0 bridgehead atoms. The van der Waals surface area contributed by atoms with Gasteiger partial charge in [0.25, 0.3) is 0 Å². The molecule has 1 saturated heterocycles. The van der Waals surface area contributed by atoms with E-state index in [2.05, 4.69) is 15.6 Å². The van der Waals surface area contributed by atoms with Gasteiger partial charge in [-0.15, -0.1) is 0 Å². The zero-order chi connectivity index (χ0) is 18.8. The van der Waals surface area contributed by atoms with E-state index >= 15 is 0 Å². The van der Waals surface area contributed by atoms with E-state index < -0.39 is 0 Å². The Morgan fingerprint density at radius 2 is 2.04 bits per heavy atom. The zero-order valence-electron chi connectivity index (χ0n) is 14.9. The number of hydrogen-bond donors (Lipinski definition) is 2. The van der Waals surface area contributed by atoms with E-state index in [0.29, 0.717) is 37.1 Å². The smallest absolute Gasteiger partial charge is 0.320 e. The van der Waals surface area contributed by atoms with Crippen LogP contribution in [0.2, 0.25) is 0 Å². The lowest BCUT2D eigenvalue weighted by Crippen LogP contribution is -2.40. The van der Waals surface area contributed by atoms with Gasteiger partial charge in [-0.3, -0.25) is 10.1 Å². The number of pyridine rings is 1. The summed E-state index contributed by atoms with van der Waals surface area (Å²) in [5.74, 6) is 1.76. The van der Waals surface area contributed by atoms with Gasteiger partial charge in [-0.2, -0.15) is 0 Å². The molecule has 0 radical (unpaired) electrons. The maximum absolute atomic E-state index is 12.4. The van der Waals surface area contributed by atoms with Crippen LogP contribution >= 0.6 is 0 Å². The molecule has 1 aromatic carbocycles. The molecule has 2 aliphatic rings. The van der Waals surface area contributed by atoms with Gasteiger partial charge in [0.15, 0.2) is 11.5 Å². The first-order valence-corrected chi connectivity index (χ1v) is 8.79. The predicted octanol–water partition coefficient (Wildman–Crippen LogP) is 2.09. The Balaban J connectivity index is 1.40. The zero-order valence-corrected chi connectivity index (χ0v) is 14.9. The van der Waals surface area contributed by atoms with Crippen molar-refractivity contribution in [1.29, 1.82) is 0 Å². The van der Waals surface area contributed by atoms with Crippen molar-refractivity contribution >= 4 is 23.4 Å². The van der Waals surface area contributed by atoms with E-state index in [-0.39, 0.29) is 24.4 Å². The van der Waals surface area contributed by atoms with E-state index in [4.69, 9.17) is 9.47 Å². The number of rotatable bonds is 3. The minimum Gasteiger partial charge on any atom is -0.486 e. The molecule has 8 nitrogen and oxygen atoms in total. The normalized spacial score (nSPS) is 18.3. The van der Waals surface area contributed by atoms with Gasteiger partial charge in [0, 0.05) is 30.9 Å². The fourth-order valence-electron chi connectivity index (χ4n) is 3.20. The van der Waals surface area contributed by atoms with Crippen LogP contribution in [0.15, 0.2) is 36.5 Å². The molecule has 4 rings (SSSR count). The molecular formula is C19H20N4O4. The van der Waals surface area contributed by atoms with Crippen LogP contribution in [-0.2, 0) is 4.79 Å². The van der Waals surface area contributed by atoms with E-state index in [9.17, 15) is 9.59 Å². The topological polar surface area (TPSA) is 92.8 Å². The summed E-state index contributed by atoms with van der Waals surface area (Å²) < 4.78 is 11.1. The van der Waals surface area contributed by atoms with E-state index in [0.717, 1.165) is 11.3 Å². The summed E-state index contributed by atoms with van der Waals surface area (Å²) in [6.45, 7) is 3.27. The molecule has 0 saturated carbocycles. The molecule has 27 heavy (non-hydrogen) atoms. The van der Waals surface area contributed by atoms with E-state index in [1.807, 2.05) is 19.1 Å². The van der Waals surface area contributed by atoms with Gasteiger partial charge in [-0.05, 0) is 30.7 Å². The summed E-state index contributed by atoms with van der Waals surface area (Å²) in [6, 6.07) is 8.43. The second-order valence-corrected chi connectivity index (χ2v) is 6.50. The highest BCUT2D eigenvalue weighted by Crippen LogP contribution is 2.35. The van der Waals surface area contributed by atoms with Crippen molar-refractivity contribution in [3.63, 3.8) is 0 Å². The Bertz CT molecular complexity index is 886. The predicted molar refractivity (Wildman–Crippen MR) is 99.3 cm³/mol. The molecule has 0 aliphatic carbocycles. The first kappa shape index (κ1) is 17.1. The minimum absolute atomic E-state index is 0.0500. The van der Waals surface area contributed by atoms with Crippen molar-refractivity contribution in [3.05, 3.63) is 42.1 Å². The highest BCUT2D eigenvalue weighted by molar-refractivity contribution is 5.98. The summed E-state index contributed by atoms with van der Waals surface area (Å²) in [5, 5.41) is 5.56. The number of aryl methyl sites for hydroxylation is 1. The molecule has 3 heterocycles. The van der Waals surface area contributed by atoms with Crippen LogP contribution in [0, 0.1) is 6.92 Å². The van der Waals surface area contributed by atoms with Gasteiger partial charge in [0.1, 0.15) is 19.0 Å². The van der Waals surface area contributed by atoms with Crippen molar-refractivity contribution in [1.82, 2.24) is 10.3 Å². The van der Waals surface area contributed by atoms with Gasteiger partial charge in [0.2, 0.25) is 5.91 Å². The van der Waals surface area contributed by atoms with E-state index in [1.54, 1.807) is 29.3 Å². The van der Waals surface area contributed by atoms with Crippen molar-refractivity contribution in [2.75, 3.05) is 30.0 Å². The van der Waals surface area contributed by atoms with Crippen molar-refractivity contribution in [2.24, 2.45) is 0 Å². The molecule has 1 fully saturated rings. The highest BCUT2D eigenvalue weighted by atomic mass is 16.6. The van der Waals surface area contributed by atoms with Crippen LogP contribution in [0.25, 0.3) is 0 Å². The van der Waals surface area contributed by atoms with Crippen molar-refractivity contribution < 1.29 is 19.1 Å². The van der Waals surface area contributed by atoms with Crippen molar-refractivity contribution in [3.8, 4) is 11.5 Å². The summed E-state index contributed by atoms with van der Waals surface area (Å²) in [5.41, 5.74) is 1.60. The van der Waals surface area contributed by atoms with Crippen LogP contribution < -0.4 is 25.0 Å². The molecule has 2 aromatic rings. The molecule has 1 atom stereocenters. The third-order valence-electron chi connectivity index (χ3n) is 4.54. The van der Waals surface area contributed by atoms with Crippen LogP contribution in [0.3, 0.4) is 0 Å². The Kier molecular flexibility index (Phi) is 4.53. The number of fused-ring (bicyclic) bond motifs is 1. The number of urea groups is 1. The molecule has 2 aliphatic heterocycles. The van der Waals surface area contributed by atoms with Crippen LogP contribution in [-0.4, -0.2) is 42.7 Å². The first-order valence-electron chi connectivity index (χ1n) is 8.79. The molecular weight excluding hydrogens is 348 g/mol. The van der Waals surface area contributed by atoms with Gasteiger partial charge < -0.3 is 19.7 Å². The maximum Gasteiger partial charge on any atom is 0.320 e. The number of amides is 3. The summed E-state index contributed by atoms with van der Waals surface area (Å²) in [6.07, 6.45) is 1.86. The second-order valence-electron chi connectivity index (χ2n) is 6.50. The van der Waals surface area contributed by atoms with Crippen molar-refractivity contribution in [2.45, 2.75) is 19.4 Å². The molecule has 140 valence electrons. The Hall–Kier alpha value is -3.29. The monoisotopic (exact) mass is 368 g/mol. The average molecular weight is 368 g/mol. The third kappa shape index (κ3) is 3.64. The Labute approximate surface area is 156 Å². The van der Waals surface area contributed by atoms with Crippen LogP contribution in [0.4, 0.5) is 16.3 Å². The molecule has 8 heteroatoms. The van der Waals surface area contributed by atoms with E-state index in [1.165, 1.54) is 0 Å². The summed E-state index contributed by atoms with van der Waals surface area (Å²) >= 11 is 0. The molecule has 1 aromatic heterocycles. The molecule has 2 N–H and O–H groups in total. The molecule has 3 amide bonds. The number of carbonyl (C=O) groups is 2. The largest absolute Gasteiger partial charge is 0.486 e. The Morgan fingerprint density at radius 3 is 2.85 bits per heavy atom. The quantitative estimate of drug-likeness (QED) is 0.865. The summed E-state index contributed by atoms with van der Waals surface area (Å²) in [4.78, 5) is 30.4. The number of carbonyl (C=O) groups excluding carboxylic acids is 2. The lowest BCUT2D eigenvalue weighted by molar-refractivity contribution is -0.117. The number of nitrogens with zero attached hydrogens (tertiary/aromatic N) is 2. The first-order chi connectivity index (χ1) is 13.1. The van der Waals surface area contributed by atoms with Gasteiger partial charge in [-0.25, -0.2) is 9.78 Å². The van der Waals surface area contributed by atoms with Gasteiger partial charge >= 0.3 is 6.03 Å². The number of benzene rings is 1. The lowest BCUT2D eigenvalue weighted by atomic mass is 10.2. The average Bonchev–Trinajstić information content (AvgIpc) is 3.03. The standard InChI is InChI=1S/C19H20N4O4/c1-12-3-2-6-20-18(12)22-19(25)21-13-9-17(24)23(11-13)14-4-5-15-16(10-14)27-8-7-26-15/h2-6,10,13H,7-9,11H2,1H3,(H2,20,21,22,25)/t13-/m1/s1. The molecule has 0 unspecified atom stereocenters. The maximum atomic E-state index is 12.4.